The average Bonchev–Trinajstić information content (AvgIpc) is 2.82. The fourth-order valence-corrected chi connectivity index (χ4v) is 6.12. The number of nitrogens with zero attached hydrogens (tertiary/aromatic N) is 1. The van der Waals surface area contributed by atoms with Crippen LogP contribution in [0.1, 0.15) is 37.8 Å². The lowest BCUT2D eigenvalue weighted by molar-refractivity contribution is -0.120. The molecular weight excluding hydrogens is 514 g/mol. The molecule has 0 spiro atoms. The molecule has 9 nitrogen and oxygen atoms in total. The van der Waals surface area contributed by atoms with E-state index in [0.717, 1.165) is 18.2 Å². The van der Waals surface area contributed by atoms with Gasteiger partial charge in [0, 0.05) is 5.56 Å². The summed E-state index contributed by atoms with van der Waals surface area (Å²) in [6, 6.07) is 11.2. The molecule has 0 bridgehead atoms. The number of fused-ring (bicyclic) bond motifs is 2. The molecule has 1 aliphatic heterocycles. The van der Waals surface area contributed by atoms with Crippen molar-refractivity contribution in [1.82, 2.24) is 0 Å². The van der Waals surface area contributed by atoms with E-state index in [1.165, 1.54) is 18.2 Å². The quantitative estimate of drug-likeness (QED) is 0.284. The van der Waals surface area contributed by atoms with Gasteiger partial charge in [-0.15, -0.1) is 4.40 Å². The predicted molar refractivity (Wildman–Crippen MR) is 149 cm³/mol. The third kappa shape index (κ3) is 5.08. The number of benzene rings is 2. The van der Waals surface area contributed by atoms with E-state index in [4.69, 9.17) is 0 Å². The summed E-state index contributed by atoms with van der Waals surface area (Å²) in [5.41, 5.74) is 1.12. The molecule has 1 aliphatic carbocycles. The highest BCUT2D eigenvalue weighted by Crippen LogP contribution is 2.57. The van der Waals surface area contributed by atoms with Crippen molar-refractivity contribution in [1.29, 1.82) is 0 Å². The molecule has 1 atom stereocenters. The molecule has 5 N–H and O–H groups in total. The first kappa shape index (κ1) is 26.7. The SMILES string of the molecule is C=C(C=CCC1(C)C(=O)C(C2=NS(O)(O)c3cc(NS(C)(=O)=O)ccc3N2)=C(O)c2ccccc21)CC. The van der Waals surface area contributed by atoms with Crippen molar-refractivity contribution in [2.75, 3.05) is 16.3 Å². The number of anilines is 2. The summed E-state index contributed by atoms with van der Waals surface area (Å²) >= 11 is 0. The Morgan fingerprint density at radius 3 is 2.62 bits per heavy atom. The lowest BCUT2D eigenvalue weighted by Gasteiger charge is -2.38. The topological polar surface area (TPSA) is 148 Å². The third-order valence-electron chi connectivity index (χ3n) is 6.36. The molecule has 2 aromatic carbocycles. The number of ketones is 1. The molecule has 1 heterocycles. The Morgan fingerprint density at radius 2 is 1.95 bits per heavy atom. The molecule has 2 aliphatic rings. The number of allylic oxidation sites excluding steroid dienone is 3. The molecule has 0 saturated heterocycles. The van der Waals surface area contributed by atoms with Gasteiger partial charge in [-0.25, -0.2) is 8.42 Å². The van der Waals surface area contributed by atoms with Gasteiger partial charge in [0.1, 0.15) is 16.2 Å². The van der Waals surface area contributed by atoms with Crippen molar-refractivity contribution in [3.05, 3.63) is 83.5 Å². The van der Waals surface area contributed by atoms with Gasteiger partial charge in [0.15, 0.2) is 11.6 Å². The van der Waals surface area contributed by atoms with Crippen molar-refractivity contribution in [2.45, 2.75) is 37.0 Å². The van der Waals surface area contributed by atoms with Gasteiger partial charge in [-0.05, 0) is 43.5 Å². The second-order valence-corrected chi connectivity index (χ2v) is 12.6. The smallest absolute Gasteiger partial charge is 0.229 e. The number of nitrogens with one attached hydrogen (secondary N) is 2. The van der Waals surface area contributed by atoms with Crippen molar-refractivity contribution >= 4 is 49.6 Å². The molecular formula is C26H29N3O6S2. The minimum absolute atomic E-state index is 0.0441. The number of hydrogen-bond donors (Lipinski definition) is 5. The molecule has 4 rings (SSSR count). The van der Waals surface area contributed by atoms with Crippen LogP contribution in [0, 0.1) is 0 Å². The van der Waals surface area contributed by atoms with Crippen LogP contribution >= 0.6 is 10.8 Å². The Balaban J connectivity index is 1.81. The first-order valence-corrected chi connectivity index (χ1v) is 14.9. The molecule has 0 aromatic heterocycles. The molecule has 0 saturated carbocycles. The first-order chi connectivity index (χ1) is 17.3. The Bertz CT molecular complexity index is 1510. The Hall–Kier alpha value is -3.38. The van der Waals surface area contributed by atoms with E-state index >= 15 is 0 Å². The zero-order chi connectivity index (χ0) is 27.2. The maximum Gasteiger partial charge on any atom is 0.229 e. The van der Waals surface area contributed by atoms with Gasteiger partial charge in [0.05, 0.1) is 23.0 Å². The molecule has 0 fully saturated rings. The van der Waals surface area contributed by atoms with Crippen LogP contribution in [0.2, 0.25) is 0 Å². The van der Waals surface area contributed by atoms with Gasteiger partial charge in [-0.2, -0.15) is 0 Å². The number of rotatable bonds is 7. The molecule has 37 heavy (non-hydrogen) atoms. The largest absolute Gasteiger partial charge is 0.506 e. The van der Waals surface area contributed by atoms with Crippen LogP contribution in [0.15, 0.2) is 81.6 Å². The summed E-state index contributed by atoms with van der Waals surface area (Å²) in [4.78, 5) is 13.9. The monoisotopic (exact) mass is 543 g/mol. The molecule has 0 radical (unpaired) electrons. The third-order valence-corrected chi connectivity index (χ3v) is 8.34. The minimum Gasteiger partial charge on any atom is -0.506 e. The van der Waals surface area contributed by atoms with E-state index in [1.807, 2.05) is 19.1 Å². The molecule has 11 heteroatoms. The van der Waals surface area contributed by atoms with E-state index < -0.39 is 32.0 Å². The van der Waals surface area contributed by atoms with Crippen molar-refractivity contribution in [3.63, 3.8) is 0 Å². The molecule has 196 valence electrons. The number of sulfonamides is 1. The maximum atomic E-state index is 14.0. The molecule has 2 aromatic rings. The zero-order valence-corrected chi connectivity index (χ0v) is 22.3. The first-order valence-electron chi connectivity index (χ1n) is 11.5. The number of amidine groups is 1. The summed E-state index contributed by atoms with van der Waals surface area (Å²) in [7, 11) is -7.44. The fourth-order valence-electron chi connectivity index (χ4n) is 4.38. The van der Waals surface area contributed by atoms with Gasteiger partial charge in [0.25, 0.3) is 0 Å². The van der Waals surface area contributed by atoms with E-state index in [9.17, 15) is 27.4 Å². The highest BCUT2D eigenvalue weighted by atomic mass is 32.3. The Kier molecular flexibility index (Phi) is 6.84. The van der Waals surface area contributed by atoms with E-state index in [1.54, 1.807) is 31.2 Å². The highest BCUT2D eigenvalue weighted by molar-refractivity contribution is 8.23. The summed E-state index contributed by atoms with van der Waals surface area (Å²) < 4.78 is 51.3. The number of Topliss-reactive ketones (excluding diaryl/α,β-unsaturated/α-hetero) is 1. The molecule has 1 unspecified atom stereocenters. The predicted octanol–water partition coefficient (Wildman–Crippen LogP) is 5.63. The normalized spacial score (nSPS) is 21.5. The van der Waals surface area contributed by atoms with Gasteiger partial charge in [-0.3, -0.25) is 18.6 Å². The van der Waals surface area contributed by atoms with Crippen molar-refractivity contribution in [3.8, 4) is 0 Å². The van der Waals surface area contributed by atoms with Crippen LogP contribution in [0.25, 0.3) is 5.76 Å². The van der Waals surface area contributed by atoms with Gasteiger partial charge < -0.3 is 10.4 Å². The van der Waals surface area contributed by atoms with Crippen LogP contribution in [-0.2, 0) is 20.2 Å². The molecule has 0 amide bonds. The van der Waals surface area contributed by atoms with Gasteiger partial charge in [-0.1, -0.05) is 66.3 Å². The number of hydrogen-bond acceptors (Lipinski definition) is 8. The second kappa shape index (κ2) is 9.49. The average molecular weight is 544 g/mol. The van der Waals surface area contributed by atoms with Crippen LogP contribution < -0.4 is 10.0 Å². The highest BCUT2D eigenvalue weighted by Gasteiger charge is 2.46. The standard InChI is InChI=1S/C26H29N3O6S2/c1-5-16(2)9-8-14-26(3)19-11-7-6-10-18(19)23(30)22(24(26)31)25-27-20-13-12-17(28-36(4,32)33)15-21(20)37(34,35)29-25/h6-13,15,28,30,34-35H,2,5,14H2,1,3-4H3,(H,27,29). The van der Waals surface area contributed by atoms with E-state index in [-0.39, 0.29) is 33.4 Å². The Labute approximate surface area is 217 Å². The lowest BCUT2D eigenvalue weighted by Crippen LogP contribution is -2.42. The summed E-state index contributed by atoms with van der Waals surface area (Å²) in [6.45, 7) is 7.72. The number of carbonyl (C=O) groups excluding carboxylic acids is 1. The lowest BCUT2D eigenvalue weighted by atomic mass is 9.67. The fraction of sp³-hybridized carbons (Fsp3) is 0.231. The van der Waals surface area contributed by atoms with Crippen molar-refractivity contribution < 1.29 is 27.4 Å². The zero-order valence-electron chi connectivity index (χ0n) is 20.6. The number of carbonyl (C=O) groups is 1. The van der Waals surface area contributed by atoms with Crippen molar-refractivity contribution in [2.24, 2.45) is 4.40 Å². The van der Waals surface area contributed by atoms with Crippen LogP contribution in [0.3, 0.4) is 0 Å². The number of aliphatic hydroxyl groups excluding tert-OH is 1. The Morgan fingerprint density at radius 1 is 1.24 bits per heavy atom. The van der Waals surface area contributed by atoms with Crippen LogP contribution in [0.5, 0.6) is 0 Å². The minimum atomic E-state index is -3.84. The summed E-state index contributed by atoms with van der Waals surface area (Å²) in [6.07, 6.45) is 5.80. The van der Waals surface area contributed by atoms with Crippen LogP contribution in [-0.4, -0.2) is 40.5 Å². The van der Waals surface area contributed by atoms with E-state index in [2.05, 4.69) is 21.0 Å². The van der Waals surface area contributed by atoms with E-state index in [0.29, 0.717) is 17.5 Å². The van der Waals surface area contributed by atoms with Crippen LogP contribution in [0.4, 0.5) is 11.4 Å². The van der Waals surface area contributed by atoms with Gasteiger partial charge >= 0.3 is 0 Å². The summed E-state index contributed by atoms with van der Waals surface area (Å²) in [5, 5.41) is 14.1. The van der Waals surface area contributed by atoms with Gasteiger partial charge in [0.2, 0.25) is 10.0 Å². The summed E-state index contributed by atoms with van der Waals surface area (Å²) in [5.74, 6) is -0.933. The maximum absolute atomic E-state index is 14.0. The number of aliphatic hydroxyl groups is 1. The second-order valence-electron chi connectivity index (χ2n) is 9.22.